The van der Waals surface area contributed by atoms with Gasteiger partial charge in [-0.2, -0.15) is 0 Å². The summed E-state index contributed by atoms with van der Waals surface area (Å²) < 4.78 is 11.2. The van der Waals surface area contributed by atoms with Gasteiger partial charge in [-0.3, -0.25) is 9.59 Å². The van der Waals surface area contributed by atoms with Crippen molar-refractivity contribution in [1.29, 1.82) is 0 Å². The number of hydrogen-bond acceptors (Lipinski definition) is 6. The van der Waals surface area contributed by atoms with E-state index >= 15 is 0 Å². The van der Waals surface area contributed by atoms with Crippen molar-refractivity contribution in [3.05, 3.63) is 70.8 Å². The first-order valence-corrected chi connectivity index (χ1v) is 16.3. The van der Waals surface area contributed by atoms with Crippen molar-refractivity contribution < 1.29 is 28.7 Å². The highest BCUT2D eigenvalue weighted by molar-refractivity contribution is 5.94. The van der Waals surface area contributed by atoms with E-state index in [1.54, 1.807) is 41.5 Å². The summed E-state index contributed by atoms with van der Waals surface area (Å²) >= 11 is 0. The van der Waals surface area contributed by atoms with E-state index < -0.39 is 53.2 Å². The van der Waals surface area contributed by atoms with Crippen molar-refractivity contribution >= 4 is 23.9 Å². The summed E-state index contributed by atoms with van der Waals surface area (Å²) in [6.07, 6.45) is 0.886. The fraction of sp³-hybridized carbons (Fsp3) is 0.568. The SMILES string of the molecule is CCCCN(C(=O)C(NC(=O)OC(C)(C)C)C(C)C)C(C(=O)NC(Cc1ccccc1)C(=O)OC(C)(C)C)c1cccc(C)c1C. The lowest BCUT2D eigenvalue weighted by Gasteiger charge is -2.37. The van der Waals surface area contributed by atoms with Gasteiger partial charge in [0.05, 0.1) is 0 Å². The van der Waals surface area contributed by atoms with Crippen molar-refractivity contribution in [3.63, 3.8) is 0 Å². The average molecular weight is 638 g/mol. The Bertz CT molecular complexity index is 1330. The van der Waals surface area contributed by atoms with Gasteiger partial charge >= 0.3 is 12.1 Å². The molecule has 2 N–H and O–H groups in total. The number of carbonyl (C=O) groups is 4. The molecule has 0 aliphatic rings. The number of nitrogens with one attached hydrogen (secondary N) is 2. The Hall–Kier alpha value is -3.88. The number of esters is 1. The largest absolute Gasteiger partial charge is 0.458 e. The van der Waals surface area contributed by atoms with Gasteiger partial charge in [-0.05, 0) is 90.0 Å². The van der Waals surface area contributed by atoms with Gasteiger partial charge in [0.1, 0.15) is 29.3 Å². The number of alkyl carbamates (subject to hydrolysis) is 1. The fourth-order valence-electron chi connectivity index (χ4n) is 5.01. The van der Waals surface area contributed by atoms with Crippen molar-refractivity contribution in [2.75, 3.05) is 6.54 Å². The molecule has 0 aromatic heterocycles. The van der Waals surface area contributed by atoms with Gasteiger partial charge in [0, 0.05) is 13.0 Å². The molecule has 0 saturated carbocycles. The van der Waals surface area contributed by atoms with Crippen LogP contribution in [0.2, 0.25) is 0 Å². The summed E-state index contributed by atoms with van der Waals surface area (Å²) in [4.78, 5) is 57.0. The molecule has 3 unspecified atom stereocenters. The lowest BCUT2D eigenvalue weighted by molar-refractivity contribution is -0.159. The Kier molecular flexibility index (Phi) is 13.8. The molecule has 46 heavy (non-hydrogen) atoms. The van der Waals surface area contributed by atoms with E-state index in [0.29, 0.717) is 12.0 Å². The minimum absolute atomic E-state index is 0.207. The van der Waals surface area contributed by atoms with E-state index in [-0.39, 0.29) is 18.9 Å². The van der Waals surface area contributed by atoms with Gasteiger partial charge < -0.3 is 25.0 Å². The van der Waals surface area contributed by atoms with Gasteiger partial charge in [-0.15, -0.1) is 0 Å². The molecule has 0 aliphatic heterocycles. The number of aryl methyl sites for hydroxylation is 1. The van der Waals surface area contributed by atoms with Gasteiger partial charge in [0.2, 0.25) is 11.8 Å². The number of ether oxygens (including phenoxy) is 2. The Labute approximate surface area is 275 Å². The molecule has 2 aromatic carbocycles. The molecular formula is C37H55N3O6. The Morgan fingerprint density at radius 3 is 1.98 bits per heavy atom. The van der Waals surface area contributed by atoms with Gasteiger partial charge in [-0.1, -0.05) is 75.7 Å². The smallest absolute Gasteiger partial charge is 0.408 e. The van der Waals surface area contributed by atoms with E-state index in [1.165, 1.54) is 4.90 Å². The molecule has 0 radical (unpaired) electrons. The van der Waals surface area contributed by atoms with Crippen molar-refractivity contribution in [2.45, 2.75) is 125 Å². The monoisotopic (exact) mass is 637 g/mol. The normalized spacial score (nSPS) is 13.7. The number of unbranched alkanes of at least 4 members (excludes halogenated alkanes) is 1. The maximum Gasteiger partial charge on any atom is 0.408 e. The predicted octanol–water partition coefficient (Wildman–Crippen LogP) is 6.59. The third-order valence-electron chi connectivity index (χ3n) is 7.43. The molecule has 0 saturated heterocycles. The third-order valence-corrected chi connectivity index (χ3v) is 7.43. The summed E-state index contributed by atoms with van der Waals surface area (Å²) in [5.41, 5.74) is 1.78. The fourth-order valence-corrected chi connectivity index (χ4v) is 5.01. The summed E-state index contributed by atoms with van der Waals surface area (Å²) in [5, 5.41) is 5.73. The minimum atomic E-state index is -1.08. The maximum atomic E-state index is 14.6. The molecule has 9 nitrogen and oxygen atoms in total. The Balaban J connectivity index is 2.65. The maximum absolute atomic E-state index is 14.6. The summed E-state index contributed by atoms with van der Waals surface area (Å²) in [6, 6.07) is 12.0. The molecule has 0 fully saturated rings. The van der Waals surface area contributed by atoms with Crippen LogP contribution in [0, 0.1) is 19.8 Å². The Morgan fingerprint density at radius 2 is 1.43 bits per heavy atom. The van der Waals surface area contributed by atoms with Crippen LogP contribution in [0.15, 0.2) is 48.5 Å². The van der Waals surface area contributed by atoms with Crippen molar-refractivity contribution in [3.8, 4) is 0 Å². The molecular weight excluding hydrogens is 582 g/mol. The first-order valence-electron chi connectivity index (χ1n) is 16.3. The van der Waals surface area contributed by atoms with E-state index in [9.17, 15) is 19.2 Å². The standard InChI is InChI=1S/C37H55N3O6/c1-12-13-22-40(33(42)30(24(2)3)39-35(44)46-37(9,10)11)31(28-21-17-18-25(4)26(28)5)32(41)38-29(34(43)45-36(6,7)8)23-27-19-15-14-16-20-27/h14-21,24,29-31H,12-13,22-23H2,1-11H3,(H,38,41)(H,39,44). The van der Waals surface area contributed by atoms with Crippen LogP contribution in [0.1, 0.15) is 103 Å². The molecule has 254 valence electrons. The molecule has 9 heteroatoms. The zero-order valence-electron chi connectivity index (χ0n) is 29.7. The molecule has 3 amide bonds. The van der Waals surface area contributed by atoms with Crippen LogP contribution in [0.4, 0.5) is 4.79 Å². The van der Waals surface area contributed by atoms with E-state index in [0.717, 1.165) is 23.1 Å². The van der Waals surface area contributed by atoms with Crippen LogP contribution < -0.4 is 10.6 Å². The molecule has 0 heterocycles. The van der Waals surface area contributed by atoms with Crippen LogP contribution >= 0.6 is 0 Å². The topological polar surface area (TPSA) is 114 Å². The second-order valence-electron chi connectivity index (χ2n) is 14.2. The third kappa shape index (κ3) is 11.8. The highest BCUT2D eigenvalue weighted by atomic mass is 16.6. The average Bonchev–Trinajstić information content (AvgIpc) is 2.93. The molecule has 2 rings (SSSR count). The first-order chi connectivity index (χ1) is 21.3. The Morgan fingerprint density at radius 1 is 0.826 bits per heavy atom. The van der Waals surface area contributed by atoms with Gasteiger partial charge in [-0.25, -0.2) is 9.59 Å². The number of nitrogens with zero attached hydrogens (tertiary/aromatic N) is 1. The molecule has 0 aliphatic carbocycles. The summed E-state index contributed by atoms with van der Waals surface area (Å²) in [7, 11) is 0. The van der Waals surface area contributed by atoms with E-state index in [2.05, 4.69) is 10.6 Å². The quantitative estimate of drug-likeness (QED) is 0.240. The number of hydrogen-bond donors (Lipinski definition) is 2. The number of carbonyl (C=O) groups excluding carboxylic acids is 4. The van der Waals surface area contributed by atoms with Gasteiger partial charge in [0.25, 0.3) is 0 Å². The van der Waals surface area contributed by atoms with Crippen molar-refractivity contribution in [1.82, 2.24) is 15.5 Å². The van der Waals surface area contributed by atoms with Crippen LogP contribution in [0.5, 0.6) is 0 Å². The number of benzene rings is 2. The second-order valence-corrected chi connectivity index (χ2v) is 14.2. The lowest BCUT2D eigenvalue weighted by Crippen LogP contribution is -2.56. The van der Waals surface area contributed by atoms with Crippen LogP contribution in [0.25, 0.3) is 0 Å². The predicted molar refractivity (Wildman–Crippen MR) is 181 cm³/mol. The van der Waals surface area contributed by atoms with Crippen LogP contribution in [-0.4, -0.2) is 58.6 Å². The van der Waals surface area contributed by atoms with Crippen LogP contribution in [0.3, 0.4) is 0 Å². The zero-order valence-corrected chi connectivity index (χ0v) is 29.7. The second kappa shape index (κ2) is 16.6. The summed E-state index contributed by atoms with van der Waals surface area (Å²) in [6.45, 7) is 20.4. The first kappa shape index (κ1) is 38.3. The molecule has 0 spiro atoms. The zero-order chi connectivity index (χ0) is 34.8. The lowest BCUT2D eigenvalue weighted by atomic mass is 9.93. The number of rotatable bonds is 13. The van der Waals surface area contributed by atoms with Crippen LogP contribution in [-0.2, 0) is 30.3 Å². The number of amides is 3. The molecule has 3 atom stereocenters. The molecule has 0 bridgehead atoms. The van der Waals surface area contributed by atoms with E-state index in [4.69, 9.17) is 9.47 Å². The van der Waals surface area contributed by atoms with E-state index in [1.807, 2.05) is 83.1 Å². The molecule has 2 aromatic rings. The highest BCUT2D eigenvalue weighted by Crippen LogP contribution is 2.29. The highest BCUT2D eigenvalue weighted by Gasteiger charge is 2.39. The van der Waals surface area contributed by atoms with Crippen molar-refractivity contribution in [2.24, 2.45) is 5.92 Å². The minimum Gasteiger partial charge on any atom is -0.458 e. The summed E-state index contributed by atoms with van der Waals surface area (Å²) in [5.74, 6) is -1.79. The van der Waals surface area contributed by atoms with Gasteiger partial charge in [0.15, 0.2) is 0 Å².